The summed E-state index contributed by atoms with van der Waals surface area (Å²) in [7, 11) is 5.34. The van der Waals surface area contributed by atoms with Crippen LogP contribution >= 0.6 is 0 Å². The second-order valence-corrected chi connectivity index (χ2v) is 4.18. The van der Waals surface area contributed by atoms with Crippen molar-refractivity contribution in [1.82, 2.24) is 0 Å². The highest BCUT2D eigenvalue weighted by molar-refractivity contribution is 5.71. The average molecular weight is 256 g/mol. The first-order chi connectivity index (χ1) is 9.24. The Morgan fingerprint density at radius 2 is 1.84 bits per heavy atom. The molecule has 3 nitrogen and oxygen atoms in total. The number of methoxy groups -OCH3 is 2. The quantitative estimate of drug-likeness (QED) is 0.785. The standard InChI is InChI=1S/C16H18NO2/c1-17-11-5-4-6-14(17)8-7-13-12-15(18-2)9-10-16(13)19-3/h4-12H,1-3H3/q+1. The van der Waals surface area contributed by atoms with E-state index in [1.54, 1.807) is 14.2 Å². The normalized spacial score (nSPS) is 10.7. The number of hydrogen-bond donors (Lipinski definition) is 0. The SMILES string of the molecule is COc1ccc(OC)c(C=Cc2cccc[n+]2C)c1. The summed E-state index contributed by atoms with van der Waals surface area (Å²) in [6.07, 6.45) is 6.09. The lowest BCUT2D eigenvalue weighted by Crippen LogP contribution is -2.30. The van der Waals surface area contributed by atoms with Crippen molar-refractivity contribution >= 4 is 12.2 Å². The van der Waals surface area contributed by atoms with E-state index < -0.39 is 0 Å². The highest BCUT2D eigenvalue weighted by Crippen LogP contribution is 2.25. The smallest absolute Gasteiger partial charge is 0.204 e. The average Bonchev–Trinajstić information content (AvgIpc) is 2.46. The second kappa shape index (κ2) is 6.05. The van der Waals surface area contributed by atoms with E-state index >= 15 is 0 Å². The summed E-state index contributed by atoms with van der Waals surface area (Å²) in [4.78, 5) is 0. The van der Waals surface area contributed by atoms with E-state index in [2.05, 4.69) is 16.7 Å². The largest absolute Gasteiger partial charge is 0.497 e. The lowest BCUT2D eigenvalue weighted by molar-refractivity contribution is -0.673. The molecule has 0 aliphatic heterocycles. The predicted octanol–water partition coefficient (Wildman–Crippen LogP) is 2.70. The lowest BCUT2D eigenvalue weighted by atomic mass is 10.1. The van der Waals surface area contributed by atoms with Crippen molar-refractivity contribution in [2.75, 3.05) is 14.2 Å². The zero-order valence-electron chi connectivity index (χ0n) is 11.5. The molecule has 2 aromatic rings. The lowest BCUT2D eigenvalue weighted by Gasteiger charge is -2.06. The topological polar surface area (TPSA) is 22.3 Å². The summed E-state index contributed by atoms with van der Waals surface area (Å²) in [6, 6.07) is 11.8. The zero-order valence-corrected chi connectivity index (χ0v) is 11.5. The minimum absolute atomic E-state index is 0.817. The van der Waals surface area contributed by atoms with Gasteiger partial charge in [0, 0.05) is 23.8 Å². The van der Waals surface area contributed by atoms with Crippen LogP contribution in [-0.2, 0) is 7.05 Å². The van der Waals surface area contributed by atoms with Crippen LogP contribution in [0.2, 0.25) is 0 Å². The highest BCUT2D eigenvalue weighted by atomic mass is 16.5. The molecule has 0 bridgehead atoms. The number of aryl methyl sites for hydroxylation is 1. The van der Waals surface area contributed by atoms with Crippen molar-refractivity contribution in [1.29, 1.82) is 0 Å². The third-order valence-electron chi connectivity index (χ3n) is 2.97. The van der Waals surface area contributed by atoms with E-state index in [9.17, 15) is 0 Å². The second-order valence-electron chi connectivity index (χ2n) is 4.18. The Labute approximate surface area is 113 Å². The molecule has 1 heterocycles. The minimum Gasteiger partial charge on any atom is -0.497 e. The van der Waals surface area contributed by atoms with Crippen LogP contribution in [0, 0.1) is 0 Å². The number of benzene rings is 1. The maximum atomic E-state index is 5.35. The molecule has 0 radical (unpaired) electrons. The molecule has 0 aliphatic carbocycles. The van der Waals surface area contributed by atoms with Crippen molar-refractivity contribution in [2.24, 2.45) is 7.05 Å². The maximum absolute atomic E-state index is 5.35. The van der Waals surface area contributed by atoms with E-state index in [4.69, 9.17) is 9.47 Å². The first kappa shape index (κ1) is 13.1. The number of pyridine rings is 1. The fourth-order valence-corrected chi connectivity index (χ4v) is 1.85. The van der Waals surface area contributed by atoms with Crippen LogP contribution in [0.1, 0.15) is 11.3 Å². The molecular weight excluding hydrogens is 238 g/mol. The minimum atomic E-state index is 0.817. The van der Waals surface area contributed by atoms with Crippen LogP contribution in [-0.4, -0.2) is 14.2 Å². The molecule has 19 heavy (non-hydrogen) atoms. The molecule has 2 rings (SSSR count). The molecular formula is C16H18NO2+. The van der Waals surface area contributed by atoms with Crippen molar-refractivity contribution in [3.8, 4) is 11.5 Å². The summed E-state index contributed by atoms with van der Waals surface area (Å²) < 4.78 is 12.6. The number of ether oxygens (including phenoxy) is 2. The van der Waals surface area contributed by atoms with Gasteiger partial charge in [0.2, 0.25) is 5.69 Å². The van der Waals surface area contributed by atoms with Gasteiger partial charge in [0.25, 0.3) is 0 Å². The molecule has 0 atom stereocenters. The van der Waals surface area contributed by atoms with Gasteiger partial charge in [0.05, 0.1) is 14.2 Å². The molecule has 0 amide bonds. The molecule has 0 spiro atoms. The molecule has 0 saturated carbocycles. The number of hydrogen-bond acceptors (Lipinski definition) is 2. The summed E-state index contributed by atoms with van der Waals surface area (Å²) in [5.41, 5.74) is 2.11. The van der Waals surface area contributed by atoms with Crippen LogP contribution < -0.4 is 14.0 Å². The van der Waals surface area contributed by atoms with E-state index in [0.29, 0.717) is 0 Å². The highest BCUT2D eigenvalue weighted by Gasteiger charge is 2.04. The van der Waals surface area contributed by atoms with Gasteiger partial charge in [0.15, 0.2) is 6.20 Å². The molecule has 0 fully saturated rings. The molecule has 1 aromatic carbocycles. The fraction of sp³-hybridized carbons (Fsp3) is 0.188. The molecule has 98 valence electrons. The molecule has 1 aromatic heterocycles. The number of aromatic nitrogens is 1. The number of nitrogens with zero attached hydrogens (tertiary/aromatic N) is 1. The van der Waals surface area contributed by atoms with Crippen LogP contribution in [0.4, 0.5) is 0 Å². The van der Waals surface area contributed by atoms with E-state index in [0.717, 1.165) is 22.8 Å². The van der Waals surface area contributed by atoms with Gasteiger partial charge in [-0.3, -0.25) is 0 Å². The van der Waals surface area contributed by atoms with E-state index in [-0.39, 0.29) is 0 Å². The first-order valence-corrected chi connectivity index (χ1v) is 6.09. The van der Waals surface area contributed by atoms with Gasteiger partial charge in [0.1, 0.15) is 18.5 Å². The van der Waals surface area contributed by atoms with Crippen molar-refractivity contribution < 1.29 is 14.0 Å². The van der Waals surface area contributed by atoms with Gasteiger partial charge in [-0.2, -0.15) is 0 Å². The molecule has 0 saturated heterocycles. The summed E-state index contributed by atoms with van der Waals surface area (Å²) >= 11 is 0. The third kappa shape index (κ3) is 3.13. The Kier molecular flexibility index (Phi) is 4.18. The summed E-state index contributed by atoms with van der Waals surface area (Å²) in [5.74, 6) is 1.65. The fourth-order valence-electron chi connectivity index (χ4n) is 1.85. The van der Waals surface area contributed by atoms with Crippen LogP contribution in [0.3, 0.4) is 0 Å². The Morgan fingerprint density at radius 1 is 1.00 bits per heavy atom. The molecule has 3 heteroatoms. The first-order valence-electron chi connectivity index (χ1n) is 6.09. The van der Waals surface area contributed by atoms with Crippen LogP contribution in [0.5, 0.6) is 11.5 Å². The van der Waals surface area contributed by atoms with Crippen molar-refractivity contribution in [3.63, 3.8) is 0 Å². The Bertz CT molecular complexity index is 591. The van der Waals surface area contributed by atoms with Gasteiger partial charge in [-0.15, -0.1) is 0 Å². The summed E-state index contributed by atoms with van der Waals surface area (Å²) in [5, 5.41) is 0. The monoisotopic (exact) mass is 256 g/mol. The summed E-state index contributed by atoms with van der Waals surface area (Å²) in [6.45, 7) is 0. The third-order valence-corrected chi connectivity index (χ3v) is 2.97. The van der Waals surface area contributed by atoms with Crippen LogP contribution in [0.25, 0.3) is 12.2 Å². The van der Waals surface area contributed by atoms with Gasteiger partial charge in [-0.25, -0.2) is 4.57 Å². The molecule has 0 unspecified atom stereocenters. The predicted molar refractivity (Wildman–Crippen MR) is 76.1 cm³/mol. The van der Waals surface area contributed by atoms with E-state index in [1.165, 1.54) is 0 Å². The maximum Gasteiger partial charge on any atom is 0.204 e. The van der Waals surface area contributed by atoms with Gasteiger partial charge >= 0.3 is 0 Å². The molecule has 0 aliphatic rings. The van der Waals surface area contributed by atoms with Gasteiger partial charge in [-0.05, 0) is 30.3 Å². The number of rotatable bonds is 4. The zero-order chi connectivity index (χ0) is 13.7. The van der Waals surface area contributed by atoms with Gasteiger partial charge < -0.3 is 9.47 Å². The van der Waals surface area contributed by atoms with Gasteiger partial charge in [-0.1, -0.05) is 0 Å². The van der Waals surface area contributed by atoms with E-state index in [1.807, 2.05) is 49.7 Å². The Balaban J connectivity index is 2.34. The van der Waals surface area contributed by atoms with Crippen molar-refractivity contribution in [2.45, 2.75) is 0 Å². The Hall–Kier alpha value is -2.29. The molecule has 0 N–H and O–H groups in total. The van der Waals surface area contributed by atoms with Crippen LogP contribution in [0.15, 0.2) is 42.6 Å². The van der Waals surface area contributed by atoms with Crippen molar-refractivity contribution in [3.05, 3.63) is 53.9 Å². The Morgan fingerprint density at radius 3 is 2.53 bits per heavy atom.